The SMILES string of the molecule is COc1cc(Nc2cccc(C)c2)ncc1N. The number of ether oxygens (including phenoxy) is 1. The predicted molar refractivity (Wildman–Crippen MR) is 69.7 cm³/mol. The van der Waals surface area contributed by atoms with Crippen molar-refractivity contribution in [1.29, 1.82) is 0 Å². The minimum absolute atomic E-state index is 0.530. The fourth-order valence-corrected chi connectivity index (χ4v) is 1.56. The van der Waals surface area contributed by atoms with Crippen LogP contribution in [0.3, 0.4) is 0 Å². The Morgan fingerprint density at radius 1 is 1.29 bits per heavy atom. The van der Waals surface area contributed by atoms with Gasteiger partial charge in [-0.15, -0.1) is 0 Å². The summed E-state index contributed by atoms with van der Waals surface area (Å²) in [7, 11) is 1.59. The van der Waals surface area contributed by atoms with E-state index in [-0.39, 0.29) is 0 Å². The van der Waals surface area contributed by atoms with E-state index in [2.05, 4.69) is 10.3 Å². The molecule has 0 spiro atoms. The molecule has 1 aromatic carbocycles. The Hall–Kier alpha value is -2.23. The molecule has 88 valence electrons. The van der Waals surface area contributed by atoms with Crippen molar-refractivity contribution in [1.82, 2.24) is 4.98 Å². The van der Waals surface area contributed by atoms with Gasteiger partial charge in [0.05, 0.1) is 19.0 Å². The van der Waals surface area contributed by atoms with Crippen LogP contribution in [0.1, 0.15) is 5.56 Å². The van der Waals surface area contributed by atoms with Crippen molar-refractivity contribution in [3.63, 3.8) is 0 Å². The number of nitrogens with two attached hydrogens (primary N) is 1. The fourth-order valence-electron chi connectivity index (χ4n) is 1.56. The number of anilines is 3. The number of hydrogen-bond donors (Lipinski definition) is 2. The number of nitrogen functional groups attached to an aromatic ring is 1. The van der Waals surface area contributed by atoms with Crippen molar-refractivity contribution in [2.45, 2.75) is 6.92 Å². The monoisotopic (exact) mass is 229 g/mol. The minimum Gasteiger partial charge on any atom is -0.494 e. The topological polar surface area (TPSA) is 60.2 Å². The van der Waals surface area contributed by atoms with Gasteiger partial charge in [0.15, 0.2) is 0 Å². The average molecular weight is 229 g/mol. The van der Waals surface area contributed by atoms with Crippen LogP contribution in [0.25, 0.3) is 0 Å². The third-order valence-electron chi connectivity index (χ3n) is 2.41. The molecule has 0 fully saturated rings. The van der Waals surface area contributed by atoms with Gasteiger partial charge in [-0.1, -0.05) is 12.1 Å². The highest BCUT2D eigenvalue weighted by molar-refractivity contribution is 5.62. The lowest BCUT2D eigenvalue weighted by atomic mass is 10.2. The van der Waals surface area contributed by atoms with Gasteiger partial charge in [-0.25, -0.2) is 4.98 Å². The third kappa shape index (κ3) is 2.66. The van der Waals surface area contributed by atoms with Gasteiger partial charge in [-0.2, -0.15) is 0 Å². The van der Waals surface area contributed by atoms with Crippen LogP contribution in [0.2, 0.25) is 0 Å². The van der Waals surface area contributed by atoms with Crippen molar-refractivity contribution >= 4 is 17.2 Å². The summed E-state index contributed by atoms with van der Waals surface area (Å²) in [5.74, 6) is 1.33. The Morgan fingerprint density at radius 2 is 2.12 bits per heavy atom. The molecule has 4 heteroatoms. The maximum Gasteiger partial charge on any atom is 0.147 e. The van der Waals surface area contributed by atoms with E-state index in [4.69, 9.17) is 10.5 Å². The molecule has 3 N–H and O–H groups in total. The molecular weight excluding hydrogens is 214 g/mol. The van der Waals surface area contributed by atoms with Gasteiger partial charge in [0.25, 0.3) is 0 Å². The Kier molecular flexibility index (Phi) is 3.14. The molecule has 0 saturated carbocycles. The second-order valence-electron chi connectivity index (χ2n) is 3.81. The van der Waals surface area contributed by atoms with Gasteiger partial charge >= 0.3 is 0 Å². The standard InChI is InChI=1S/C13H15N3O/c1-9-4-3-5-10(6-9)16-13-7-12(17-2)11(14)8-15-13/h3-8H,14H2,1-2H3,(H,15,16). The van der Waals surface area contributed by atoms with Crippen LogP contribution < -0.4 is 15.8 Å². The number of nitrogens with zero attached hydrogens (tertiary/aromatic N) is 1. The lowest BCUT2D eigenvalue weighted by molar-refractivity contribution is 0.417. The summed E-state index contributed by atoms with van der Waals surface area (Å²) in [5, 5.41) is 3.20. The molecule has 4 nitrogen and oxygen atoms in total. The number of hydrogen-bond acceptors (Lipinski definition) is 4. The van der Waals surface area contributed by atoms with E-state index in [1.807, 2.05) is 31.2 Å². The van der Waals surface area contributed by atoms with Gasteiger partial charge in [-0.3, -0.25) is 0 Å². The zero-order valence-electron chi connectivity index (χ0n) is 9.90. The molecular formula is C13H15N3O. The van der Waals surface area contributed by atoms with Gasteiger partial charge in [0.2, 0.25) is 0 Å². The van der Waals surface area contributed by atoms with Gasteiger partial charge in [0.1, 0.15) is 11.6 Å². The summed E-state index contributed by atoms with van der Waals surface area (Å²) in [6, 6.07) is 9.84. The molecule has 0 unspecified atom stereocenters. The maximum atomic E-state index is 5.70. The van der Waals surface area contributed by atoms with E-state index < -0.39 is 0 Å². The number of methoxy groups -OCH3 is 1. The Labute approximate surface area is 100 Å². The zero-order valence-corrected chi connectivity index (χ0v) is 9.90. The molecule has 17 heavy (non-hydrogen) atoms. The maximum absolute atomic E-state index is 5.70. The van der Waals surface area contributed by atoms with Crippen LogP contribution in [0.4, 0.5) is 17.2 Å². The highest BCUT2D eigenvalue weighted by Crippen LogP contribution is 2.24. The number of benzene rings is 1. The average Bonchev–Trinajstić information content (AvgIpc) is 2.32. The van der Waals surface area contributed by atoms with Gasteiger partial charge in [0, 0.05) is 11.8 Å². The quantitative estimate of drug-likeness (QED) is 0.849. The number of aryl methyl sites for hydroxylation is 1. The van der Waals surface area contributed by atoms with Crippen molar-refractivity contribution in [3.8, 4) is 5.75 Å². The molecule has 1 heterocycles. The van der Waals surface area contributed by atoms with Gasteiger partial charge < -0.3 is 15.8 Å². The lowest BCUT2D eigenvalue weighted by Crippen LogP contribution is -1.98. The van der Waals surface area contributed by atoms with Crippen molar-refractivity contribution in [3.05, 3.63) is 42.1 Å². The molecule has 0 aliphatic heterocycles. The van der Waals surface area contributed by atoms with Crippen LogP contribution in [0.15, 0.2) is 36.5 Å². The first-order chi connectivity index (χ1) is 8.19. The summed E-state index contributed by atoms with van der Waals surface area (Å²) in [6.07, 6.45) is 1.58. The van der Waals surface area contributed by atoms with Crippen molar-refractivity contribution in [2.75, 3.05) is 18.2 Å². The van der Waals surface area contributed by atoms with Crippen molar-refractivity contribution < 1.29 is 4.74 Å². The molecule has 0 amide bonds. The third-order valence-corrected chi connectivity index (χ3v) is 2.41. The second-order valence-corrected chi connectivity index (χ2v) is 3.81. The molecule has 0 bridgehead atoms. The number of nitrogens with one attached hydrogen (secondary N) is 1. The summed E-state index contributed by atoms with van der Waals surface area (Å²) >= 11 is 0. The summed E-state index contributed by atoms with van der Waals surface area (Å²) in [4.78, 5) is 4.20. The van der Waals surface area contributed by atoms with E-state index in [9.17, 15) is 0 Å². The van der Waals surface area contributed by atoms with Crippen LogP contribution in [0, 0.1) is 6.92 Å². The fraction of sp³-hybridized carbons (Fsp3) is 0.154. The van der Waals surface area contributed by atoms with Crippen LogP contribution in [-0.4, -0.2) is 12.1 Å². The van der Waals surface area contributed by atoms with Gasteiger partial charge in [-0.05, 0) is 24.6 Å². The number of pyridine rings is 1. The summed E-state index contributed by atoms with van der Waals surface area (Å²) in [5.41, 5.74) is 8.41. The lowest BCUT2D eigenvalue weighted by Gasteiger charge is -2.09. The molecule has 0 atom stereocenters. The Bertz CT molecular complexity index is 526. The highest BCUT2D eigenvalue weighted by atomic mass is 16.5. The molecule has 1 aromatic heterocycles. The molecule has 2 aromatic rings. The highest BCUT2D eigenvalue weighted by Gasteiger charge is 2.02. The van der Waals surface area contributed by atoms with E-state index in [0.29, 0.717) is 17.3 Å². The smallest absolute Gasteiger partial charge is 0.147 e. The first kappa shape index (κ1) is 11.3. The molecule has 0 saturated heterocycles. The molecule has 0 aliphatic rings. The zero-order chi connectivity index (χ0) is 12.3. The van der Waals surface area contributed by atoms with Crippen LogP contribution in [0.5, 0.6) is 5.75 Å². The van der Waals surface area contributed by atoms with E-state index in [1.54, 1.807) is 19.4 Å². The van der Waals surface area contributed by atoms with Crippen LogP contribution >= 0.6 is 0 Å². The predicted octanol–water partition coefficient (Wildman–Crippen LogP) is 2.72. The summed E-state index contributed by atoms with van der Waals surface area (Å²) in [6.45, 7) is 2.04. The molecule has 2 rings (SSSR count). The minimum atomic E-state index is 0.530. The first-order valence-corrected chi connectivity index (χ1v) is 5.32. The largest absolute Gasteiger partial charge is 0.494 e. The first-order valence-electron chi connectivity index (χ1n) is 5.32. The van der Waals surface area contributed by atoms with E-state index in [1.165, 1.54) is 5.56 Å². The van der Waals surface area contributed by atoms with Crippen molar-refractivity contribution in [2.24, 2.45) is 0 Å². The molecule has 0 radical (unpaired) electrons. The molecule has 0 aliphatic carbocycles. The van der Waals surface area contributed by atoms with E-state index in [0.717, 1.165) is 5.69 Å². The number of aromatic nitrogens is 1. The van der Waals surface area contributed by atoms with E-state index >= 15 is 0 Å². The Morgan fingerprint density at radius 3 is 2.82 bits per heavy atom. The Balaban J connectivity index is 2.24. The van der Waals surface area contributed by atoms with Crippen LogP contribution in [-0.2, 0) is 0 Å². The number of rotatable bonds is 3. The normalized spacial score (nSPS) is 10.0. The summed E-state index contributed by atoms with van der Waals surface area (Å²) < 4.78 is 5.14. The second kappa shape index (κ2) is 4.74.